The quantitative estimate of drug-likeness (QED) is 0.394. The molecule has 2 nitrogen and oxygen atoms in total. The summed E-state index contributed by atoms with van der Waals surface area (Å²) in [6.07, 6.45) is 4.32. The van der Waals surface area contributed by atoms with Gasteiger partial charge in [0.1, 0.15) is 0 Å². The number of nitrogens with zero attached hydrogens (tertiary/aromatic N) is 2. The van der Waals surface area contributed by atoms with Gasteiger partial charge in [0.25, 0.3) is 0 Å². The molecule has 2 heteroatoms. The highest BCUT2D eigenvalue weighted by molar-refractivity contribution is 5.76. The molecule has 2 heterocycles. The Bertz CT molecular complexity index is 1050. The zero-order valence-electron chi connectivity index (χ0n) is 20.9. The lowest BCUT2D eigenvalue weighted by Gasteiger charge is -2.06. The fraction of sp³-hybridized carbons (Fsp3) is 0.267. The number of benzene rings is 1. The molecule has 0 spiro atoms. The molecule has 3 aromatic rings. The van der Waals surface area contributed by atoms with Crippen LogP contribution >= 0.6 is 0 Å². The van der Waals surface area contributed by atoms with E-state index in [-0.39, 0.29) is 0 Å². The van der Waals surface area contributed by atoms with Gasteiger partial charge in [-0.3, -0.25) is 9.97 Å². The summed E-state index contributed by atoms with van der Waals surface area (Å²) in [7, 11) is 0. The summed E-state index contributed by atoms with van der Waals surface area (Å²) in [5, 5.41) is 0. The van der Waals surface area contributed by atoms with Gasteiger partial charge in [0.2, 0.25) is 0 Å². The lowest BCUT2D eigenvalue weighted by molar-refractivity contribution is 1.11. The minimum atomic E-state index is 1.06. The van der Waals surface area contributed by atoms with E-state index in [1.807, 2.05) is 34.6 Å². The lowest BCUT2D eigenvalue weighted by atomic mass is 10.0. The van der Waals surface area contributed by atoms with Crippen LogP contribution in [0.4, 0.5) is 0 Å². The van der Waals surface area contributed by atoms with Crippen molar-refractivity contribution in [2.75, 3.05) is 0 Å². The van der Waals surface area contributed by atoms with Crippen molar-refractivity contribution in [3.8, 4) is 11.1 Å². The van der Waals surface area contributed by atoms with E-state index in [0.717, 1.165) is 28.3 Å². The zero-order chi connectivity index (χ0) is 23.8. The normalized spacial score (nSPS) is 10.8. The second-order valence-electron chi connectivity index (χ2n) is 8.81. The molecular formula is C30H36N2. The Labute approximate surface area is 194 Å². The van der Waals surface area contributed by atoms with Gasteiger partial charge in [-0.15, -0.1) is 0 Å². The first kappa shape index (κ1) is 25.0. The smallest absolute Gasteiger partial charge is 0.0382 e. The van der Waals surface area contributed by atoms with Gasteiger partial charge in [0, 0.05) is 22.8 Å². The van der Waals surface area contributed by atoms with Crippen molar-refractivity contribution in [3.05, 3.63) is 112 Å². The SMILES string of the molecule is C=C(C)/C=C(\C=C(C)C)c1ccc(C)cc1.Cc1cc(-c2cc(C)nc(C)c2)cc(C)n1. The van der Waals surface area contributed by atoms with E-state index in [9.17, 15) is 0 Å². The number of rotatable bonds is 4. The van der Waals surface area contributed by atoms with Crippen molar-refractivity contribution in [1.82, 2.24) is 9.97 Å². The third-order valence-corrected chi connectivity index (χ3v) is 4.73. The molecule has 0 unspecified atom stereocenters. The fourth-order valence-corrected chi connectivity index (χ4v) is 3.53. The van der Waals surface area contributed by atoms with Gasteiger partial charge in [0.15, 0.2) is 0 Å². The van der Waals surface area contributed by atoms with Crippen molar-refractivity contribution in [2.45, 2.75) is 55.4 Å². The average Bonchev–Trinajstić information content (AvgIpc) is 2.66. The van der Waals surface area contributed by atoms with Gasteiger partial charge >= 0.3 is 0 Å². The van der Waals surface area contributed by atoms with Crippen molar-refractivity contribution >= 4 is 5.57 Å². The first-order valence-electron chi connectivity index (χ1n) is 11.0. The molecule has 0 fully saturated rings. The fourth-order valence-electron chi connectivity index (χ4n) is 3.53. The Morgan fingerprint density at radius 2 is 1.06 bits per heavy atom. The van der Waals surface area contributed by atoms with Crippen LogP contribution in [0, 0.1) is 34.6 Å². The number of aromatic nitrogens is 2. The highest BCUT2D eigenvalue weighted by Crippen LogP contribution is 2.22. The third kappa shape index (κ3) is 8.11. The third-order valence-electron chi connectivity index (χ3n) is 4.73. The summed E-state index contributed by atoms with van der Waals surface area (Å²) in [5.74, 6) is 0. The van der Waals surface area contributed by atoms with Crippen LogP contribution in [-0.4, -0.2) is 9.97 Å². The predicted octanol–water partition coefficient (Wildman–Crippen LogP) is 8.30. The molecule has 0 N–H and O–H groups in total. The monoisotopic (exact) mass is 424 g/mol. The van der Waals surface area contributed by atoms with Crippen LogP contribution in [0.1, 0.15) is 54.7 Å². The van der Waals surface area contributed by atoms with Gasteiger partial charge < -0.3 is 0 Å². The number of hydrogen-bond acceptors (Lipinski definition) is 2. The molecule has 3 rings (SSSR count). The van der Waals surface area contributed by atoms with Gasteiger partial charge in [-0.25, -0.2) is 0 Å². The Kier molecular flexibility index (Phi) is 8.90. The summed E-state index contributed by atoms with van der Waals surface area (Å²) in [6, 6.07) is 17.0. The van der Waals surface area contributed by atoms with Crippen LogP contribution in [0.15, 0.2) is 78.4 Å². The van der Waals surface area contributed by atoms with Crippen LogP contribution in [0.3, 0.4) is 0 Å². The minimum absolute atomic E-state index is 1.06. The Morgan fingerprint density at radius 1 is 0.656 bits per heavy atom. The topological polar surface area (TPSA) is 25.8 Å². The van der Waals surface area contributed by atoms with Crippen molar-refractivity contribution in [1.29, 1.82) is 0 Å². The maximum Gasteiger partial charge on any atom is 0.0382 e. The Morgan fingerprint density at radius 3 is 1.41 bits per heavy atom. The highest BCUT2D eigenvalue weighted by Gasteiger charge is 2.03. The van der Waals surface area contributed by atoms with E-state index in [4.69, 9.17) is 0 Å². The zero-order valence-corrected chi connectivity index (χ0v) is 20.9. The van der Waals surface area contributed by atoms with E-state index in [1.54, 1.807) is 0 Å². The predicted molar refractivity (Wildman–Crippen MR) is 140 cm³/mol. The molecule has 166 valence electrons. The highest BCUT2D eigenvalue weighted by atomic mass is 14.7. The molecule has 0 aliphatic heterocycles. The lowest BCUT2D eigenvalue weighted by Crippen LogP contribution is -1.91. The Hall–Kier alpha value is -3.26. The molecule has 0 aliphatic carbocycles. The van der Waals surface area contributed by atoms with Crippen molar-refractivity contribution in [2.24, 2.45) is 0 Å². The maximum atomic E-state index is 4.39. The Balaban J connectivity index is 0.000000227. The molecule has 0 radical (unpaired) electrons. The molecule has 0 bridgehead atoms. The molecule has 0 saturated carbocycles. The van der Waals surface area contributed by atoms with Crippen LogP contribution in [0.25, 0.3) is 16.7 Å². The number of allylic oxidation sites excluding steroid dienone is 5. The molecule has 0 amide bonds. The largest absolute Gasteiger partial charge is 0.258 e. The summed E-state index contributed by atoms with van der Waals surface area (Å²) in [6.45, 7) is 20.4. The van der Waals surface area contributed by atoms with Crippen LogP contribution in [0.5, 0.6) is 0 Å². The second kappa shape index (κ2) is 11.4. The first-order valence-corrected chi connectivity index (χ1v) is 11.0. The van der Waals surface area contributed by atoms with Gasteiger partial charge in [-0.2, -0.15) is 0 Å². The average molecular weight is 425 g/mol. The first-order chi connectivity index (χ1) is 15.0. The summed E-state index contributed by atoms with van der Waals surface area (Å²) in [5.41, 5.74) is 12.8. The molecular weight excluding hydrogens is 388 g/mol. The van der Waals surface area contributed by atoms with Crippen molar-refractivity contribution in [3.63, 3.8) is 0 Å². The van der Waals surface area contributed by atoms with E-state index in [1.165, 1.54) is 33.4 Å². The van der Waals surface area contributed by atoms with Crippen LogP contribution in [-0.2, 0) is 0 Å². The minimum Gasteiger partial charge on any atom is -0.258 e. The number of aryl methyl sites for hydroxylation is 5. The van der Waals surface area contributed by atoms with E-state index < -0.39 is 0 Å². The van der Waals surface area contributed by atoms with Gasteiger partial charge in [-0.1, -0.05) is 59.7 Å². The maximum absolute atomic E-state index is 4.39. The number of pyridine rings is 2. The van der Waals surface area contributed by atoms with Crippen LogP contribution < -0.4 is 0 Å². The molecule has 2 aromatic heterocycles. The second-order valence-corrected chi connectivity index (χ2v) is 8.81. The van der Waals surface area contributed by atoms with Crippen molar-refractivity contribution < 1.29 is 0 Å². The summed E-state index contributed by atoms with van der Waals surface area (Å²) >= 11 is 0. The molecule has 0 saturated heterocycles. The summed E-state index contributed by atoms with van der Waals surface area (Å²) < 4.78 is 0. The standard InChI is InChI=1S/C16H20.C14H16N2/c1-12(2)10-16(11-13(3)4)15-8-6-14(5)7-9-15;1-9-5-13(6-10(2)15-9)14-7-11(3)16-12(4)8-14/h6-11H,1H2,2-5H3;5-8H,1-4H3/b16-10+;. The summed E-state index contributed by atoms with van der Waals surface area (Å²) in [4.78, 5) is 8.78. The molecule has 0 aliphatic rings. The number of hydrogen-bond donors (Lipinski definition) is 0. The van der Waals surface area contributed by atoms with E-state index in [0.29, 0.717) is 0 Å². The van der Waals surface area contributed by atoms with Crippen LogP contribution in [0.2, 0.25) is 0 Å². The molecule has 32 heavy (non-hydrogen) atoms. The van der Waals surface area contributed by atoms with E-state index in [2.05, 4.69) is 98.0 Å². The van der Waals surface area contributed by atoms with E-state index >= 15 is 0 Å². The molecule has 0 atom stereocenters. The molecule has 1 aromatic carbocycles. The van der Waals surface area contributed by atoms with Gasteiger partial charge in [-0.05, 0) is 102 Å². The van der Waals surface area contributed by atoms with Gasteiger partial charge in [0.05, 0.1) is 0 Å².